The Morgan fingerprint density at radius 3 is 2.13 bits per heavy atom. The lowest BCUT2D eigenvalue weighted by Gasteiger charge is -2.06. The second-order valence-electron chi connectivity index (χ2n) is 3.25. The lowest BCUT2D eigenvalue weighted by atomic mass is 10.2. The van der Waals surface area contributed by atoms with E-state index >= 15 is 0 Å². The molecule has 0 spiro atoms. The van der Waals surface area contributed by atoms with E-state index in [0.29, 0.717) is 0 Å². The molecule has 0 unspecified atom stereocenters. The summed E-state index contributed by atoms with van der Waals surface area (Å²) in [4.78, 5) is 2.23. The Kier molecular flexibility index (Phi) is 2.97. The van der Waals surface area contributed by atoms with Crippen molar-refractivity contribution in [2.45, 2.75) is 9.79 Å². The zero-order valence-corrected chi connectivity index (χ0v) is 9.13. The quantitative estimate of drug-likeness (QED) is 0.773. The predicted molar refractivity (Wildman–Crippen MR) is 65.9 cm³/mol. The molecule has 2 heteroatoms. The molecule has 2 N–H and O–H groups in total. The first-order valence-corrected chi connectivity index (χ1v) is 5.52. The third-order valence-corrected chi connectivity index (χ3v) is 3.32. The molecule has 0 saturated carbocycles. The van der Waals surface area contributed by atoms with Crippen molar-refractivity contribution in [2.75, 3.05) is 5.73 Å². The summed E-state index contributed by atoms with van der Waals surface area (Å²) in [6, 6.07) is 15.9. The summed E-state index contributed by atoms with van der Waals surface area (Å²) in [5.41, 5.74) is 7.72. The first-order chi connectivity index (χ1) is 7.27. The summed E-state index contributed by atoms with van der Waals surface area (Å²) in [5.74, 6) is 0. The molecule has 0 aliphatic carbocycles. The van der Waals surface area contributed by atoms with Crippen LogP contribution >= 0.6 is 11.8 Å². The van der Waals surface area contributed by atoms with Crippen LogP contribution < -0.4 is 5.73 Å². The summed E-state index contributed by atoms with van der Waals surface area (Å²) in [6.07, 6.45) is 0. The summed E-state index contributed by atoms with van der Waals surface area (Å²) in [6.45, 7) is 3.98. The van der Waals surface area contributed by atoms with Crippen molar-refractivity contribution >= 4 is 17.4 Å². The van der Waals surface area contributed by atoms with Crippen molar-refractivity contribution in [2.24, 2.45) is 0 Å². The zero-order valence-electron chi connectivity index (χ0n) is 8.31. The fraction of sp³-hybridized carbons (Fsp3) is 0. The third-order valence-electron chi connectivity index (χ3n) is 2.11. The van der Waals surface area contributed by atoms with Crippen LogP contribution in [0.1, 0.15) is 5.56 Å². The van der Waals surface area contributed by atoms with E-state index in [1.807, 2.05) is 42.5 Å². The van der Waals surface area contributed by atoms with Crippen molar-refractivity contribution in [3.8, 4) is 0 Å². The van der Waals surface area contributed by atoms with Gasteiger partial charge in [-0.3, -0.25) is 0 Å². The molecular weight excluding hydrogens is 202 g/mol. The van der Waals surface area contributed by atoms with Gasteiger partial charge in [-0.05, 0) is 30.7 Å². The number of anilines is 1. The average molecular weight is 214 g/mol. The van der Waals surface area contributed by atoms with Gasteiger partial charge in [0.15, 0.2) is 0 Å². The Balaban J connectivity index is 2.30. The molecule has 0 heterocycles. The monoisotopic (exact) mass is 214 g/mol. The topological polar surface area (TPSA) is 26.0 Å². The van der Waals surface area contributed by atoms with Crippen LogP contribution in [0.4, 0.5) is 5.69 Å². The number of benzene rings is 2. The minimum atomic E-state index is 0.811. The Morgan fingerprint density at radius 2 is 1.47 bits per heavy atom. The molecular formula is C13H12NS. The van der Waals surface area contributed by atoms with Crippen LogP contribution in [0.5, 0.6) is 0 Å². The molecule has 15 heavy (non-hydrogen) atoms. The van der Waals surface area contributed by atoms with E-state index < -0.39 is 0 Å². The highest BCUT2D eigenvalue weighted by molar-refractivity contribution is 7.99. The lowest BCUT2D eigenvalue weighted by molar-refractivity contribution is 1.36. The maximum absolute atomic E-state index is 5.88. The molecule has 0 atom stereocenters. The number of nitrogens with two attached hydrogens (primary N) is 1. The van der Waals surface area contributed by atoms with Crippen LogP contribution in [-0.2, 0) is 0 Å². The van der Waals surface area contributed by atoms with Gasteiger partial charge >= 0.3 is 0 Å². The molecule has 0 aliphatic heterocycles. The number of hydrogen-bond acceptors (Lipinski definition) is 2. The lowest BCUT2D eigenvalue weighted by Crippen LogP contribution is -1.87. The van der Waals surface area contributed by atoms with Gasteiger partial charge in [0.05, 0.1) is 0 Å². The molecule has 0 saturated heterocycles. The van der Waals surface area contributed by atoms with E-state index in [-0.39, 0.29) is 0 Å². The smallest absolute Gasteiger partial charge is 0.0455 e. The molecule has 2 aromatic carbocycles. The minimum absolute atomic E-state index is 0.811. The Labute approximate surface area is 94.3 Å². The molecule has 75 valence electrons. The SMILES string of the molecule is [CH2]c1ccccc1Sc1ccccc1N. The molecule has 2 rings (SSSR count). The summed E-state index contributed by atoms with van der Waals surface area (Å²) in [7, 11) is 0. The van der Waals surface area contributed by atoms with Crippen LogP contribution in [-0.4, -0.2) is 0 Å². The van der Waals surface area contributed by atoms with Gasteiger partial charge in [-0.2, -0.15) is 0 Å². The van der Waals surface area contributed by atoms with Gasteiger partial charge < -0.3 is 5.73 Å². The van der Waals surface area contributed by atoms with Gasteiger partial charge in [0.1, 0.15) is 0 Å². The maximum atomic E-state index is 5.88. The normalized spacial score (nSPS) is 10.2. The fourth-order valence-electron chi connectivity index (χ4n) is 1.30. The van der Waals surface area contributed by atoms with E-state index in [4.69, 9.17) is 5.73 Å². The number of rotatable bonds is 2. The van der Waals surface area contributed by atoms with E-state index in [0.717, 1.165) is 21.0 Å². The Hall–Kier alpha value is -1.41. The van der Waals surface area contributed by atoms with Gasteiger partial charge in [-0.25, -0.2) is 0 Å². The Morgan fingerprint density at radius 1 is 0.867 bits per heavy atom. The second-order valence-corrected chi connectivity index (χ2v) is 4.33. The van der Waals surface area contributed by atoms with Crippen molar-refractivity contribution in [1.82, 2.24) is 0 Å². The van der Waals surface area contributed by atoms with Crippen LogP contribution in [0, 0.1) is 6.92 Å². The largest absolute Gasteiger partial charge is 0.398 e. The molecule has 2 aromatic rings. The minimum Gasteiger partial charge on any atom is -0.398 e. The first-order valence-electron chi connectivity index (χ1n) is 4.71. The van der Waals surface area contributed by atoms with E-state index in [1.54, 1.807) is 11.8 Å². The predicted octanol–water partition coefficient (Wildman–Crippen LogP) is 3.60. The second kappa shape index (κ2) is 4.41. The van der Waals surface area contributed by atoms with Gasteiger partial charge in [-0.1, -0.05) is 42.1 Å². The van der Waals surface area contributed by atoms with E-state index in [1.165, 1.54) is 0 Å². The van der Waals surface area contributed by atoms with Crippen molar-refractivity contribution in [3.05, 3.63) is 61.0 Å². The molecule has 0 aliphatic rings. The maximum Gasteiger partial charge on any atom is 0.0455 e. The highest BCUT2D eigenvalue weighted by Gasteiger charge is 2.02. The summed E-state index contributed by atoms with van der Waals surface area (Å²) >= 11 is 1.65. The molecule has 0 fully saturated rings. The van der Waals surface area contributed by atoms with E-state index in [2.05, 4.69) is 13.0 Å². The van der Waals surface area contributed by atoms with Crippen molar-refractivity contribution in [1.29, 1.82) is 0 Å². The van der Waals surface area contributed by atoms with Crippen molar-refractivity contribution in [3.63, 3.8) is 0 Å². The van der Waals surface area contributed by atoms with E-state index in [9.17, 15) is 0 Å². The zero-order chi connectivity index (χ0) is 10.7. The number of para-hydroxylation sites is 1. The number of nitrogen functional groups attached to an aromatic ring is 1. The van der Waals surface area contributed by atoms with Crippen LogP contribution in [0.3, 0.4) is 0 Å². The Bertz CT molecular complexity index is 422. The highest BCUT2D eigenvalue weighted by atomic mass is 32.2. The molecule has 0 aromatic heterocycles. The first kappa shape index (κ1) is 10.1. The van der Waals surface area contributed by atoms with Crippen LogP contribution in [0.2, 0.25) is 0 Å². The number of hydrogen-bond donors (Lipinski definition) is 1. The molecule has 0 bridgehead atoms. The van der Waals surface area contributed by atoms with Crippen molar-refractivity contribution < 1.29 is 0 Å². The van der Waals surface area contributed by atoms with Gasteiger partial charge in [-0.15, -0.1) is 0 Å². The molecule has 0 amide bonds. The van der Waals surface area contributed by atoms with Gasteiger partial charge in [0, 0.05) is 15.5 Å². The molecule has 1 radical (unpaired) electrons. The summed E-state index contributed by atoms with van der Waals surface area (Å²) < 4.78 is 0. The highest BCUT2D eigenvalue weighted by Crippen LogP contribution is 2.33. The average Bonchev–Trinajstić information content (AvgIpc) is 2.24. The fourth-order valence-corrected chi connectivity index (χ4v) is 2.21. The van der Waals surface area contributed by atoms with Gasteiger partial charge in [0.2, 0.25) is 0 Å². The standard InChI is InChI=1S/C13H12NS/c1-10-6-2-4-8-12(10)15-13-9-5-3-7-11(13)14/h2-9H,1,14H2. The van der Waals surface area contributed by atoms with Crippen LogP contribution in [0.25, 0.3) is 0 Å². The molecule has 1 nitrogen and oxygen atoms in total. The third kappa shape index (κ3) is 2.34. The summed E-state index contributed by atoms with van der Waals surface area (Å²) in [5, 5.41) is 0. The van der Waals surface area contributed by atoms with Crippen LogP contribution in [0.15, 0.2) is 58.3 Å². The van der Waals surface area contributed by atoms with Gasteiger partial charge in [0.25, 0.3) is 0 Å².